The Morgan fingerprint density at radius 3 is 0.710 bits per heavy atom. The van der Waals surface area contributed by atoms with Crippen LogP contribution in [0.25, 0.3) is 0 Å². The topological polar surface area (TPSA) is 78.9 Å². The van der Waals surface area contributed by atoms with E-state index in [1.165, 1.54) is 244 Å². The van der Waals surface area contributed by atoms with Crippen molar-refractivity contribution in [3.05, 3.63) is 0 Å². The molecule has 0 fully saturated rings. The van der Waals surface area contributed by atoms with Gasteiger partial charge < -0.3 is 14.2 Å². The van der Waals surface area contributed by atoms with Gasteiger partial charge in [0.2, 0.25) is 0 Å². The van der Waals surface area contributed by atoms with Crippen LogP contribution < -0.4 is 0 Å². The molecule has 0 aliphatic rings. The summed E-state index contributed by atoms with van der Waals surface area (Å²) in [6.07, 6.45) is 61.1. The van der Waals surface area contributed by atoms with E-state index >= 15 is 0 Å². The van der Waals surface area contributed by atoms with Crippen molar-refractivity contribution in [3.8, 4) is 0 Å². The summed E-state index contributed by atoms with van der Waals surface area (Å²) in [4.78, 5) is 38.2. The van der Waals surface area contributed by atoms with Crippen LogP contribution in [0.2, 0.25) is 0 Å². The van der Waals surface area contributed by atoms with Gasteiger partial charge in [0, 0.05) is 19.3 Å². The molecule has 0 radical (unpaired) electrons. The lowest BCUT2D eigenvalue weighted by atomic mass is 10.0. The van der Waals surface area contributed by atoms with Gasteiger partial charge in [0.1, 0.15) is 13.2 Å². The van der Waals surface area contributed by atoms with Crippen molar-refractivity contribution >= 4 is 17.9 Å². The van der Waals surface area contributed by atoms with Gasteiger partial charge in [-0.2, -0.15) is 0 Å². The molecule has 0 heterocycles. The molecule has 0 aromatic carbocycles. The number of unbranched alkanes of at least 4 members (excludes halogenated alkanes) is 42. The maximum Gasteiger partial charge on any atom is 0.306 e. The average Bonchev–Trinajstić information content (AvgIpc) is 3.32. The molecule has 69 heavy (non-hydrogen) atoms. The van der Waals surface area contributed by atoms with Crippen molar-refractivity contribution in [1.82, 2.24) is 0 Å². The molecule has 0 spiro atoms. The monoisotopic (exact) mass is 975 g/mol. The quantitative estimate of drug-likeness (QED) is 0.0343. The minimum atomic E-state index is -0.763. The van der Waals surface area contributed by atoms with Crippen LogP contribution in [0, 0.1) is 11.8 Å². The maximum absolute atomic E-state index is 12.9. The predicted molar refractivity (Wildman–Crippen MR) is 298 cm³/mol. The number of ether oxygens (including phenoxy) is 3. The second-order valence-electron chi connectivity index (χ2n) is 22.6. The van der Waals surface area contributed by atoms with E-state index in [2.05, 4.69) is 34.6 Å². The van der Waals surface area contributed by atoms with Crippen molar-refractivity contribution in [2.45, 2.75) is 362 Å². The molecule has 0 bridgehead atoms. The van der Waals surface area contributed by atoms with Crippen LogP contribution in [0.3, 0.4) is 0 Å². The zero-order valence-corrected chi connectivity index (χ0v) is 47.5. The fourth-order valence-corrected chi connectivity index (χ4v) is 9.76. The molecule has 0 aromatic heterocycles. The van der Waals surface area contributed by atoms with Crippen LogP contribution in [0.15, 0.2) is 0 Å². The Kier molecular flexibility index (Phi) is 54.4. The second kappa shape index (κ2) is 55.7. The number of carbonyl (C=O) groups is 3. The lowest BCUT2D eigenvalue weighted by molar-refractivity contribution is -0.167. The molecule has 0 unspecified atom stereocenters. The highest BCUT2D eigenvalue weighted by Gasteiger charge is 2.19. The fraction of sp³-hybridized carbons (Fsp3) is 0.952. The Hall–Kier alpha value is -1.59. The minimum Gasteiger partial charge on any atom is -0.462 e. The Balaban J connectivity index is 4.26. The first-order valence-corrected chi connectivity index (χ1v) is 31.2. The minimum absolute atomic E-state index is 0.0622. The van der Waals surface area contributed by atoms with Gasteiger partial charge in [-0.1, -0.05) is 317 Å². The van der Waals surface area contributed by atoms with E-state index in [1.54, 1.807) is 0 Å². The predicted octanol–water partition coefficient (Wildman–Crippen LogP) is 20.8. The van der Waals surface area contributed by atoms with Crippen LogP contribution in [-0.4, -0.2) is 37.2 Å². The van der Waals surface area contributed by atoms with Crippen molar-refractivity contribution in [1.29, 1.82) is 0 Å². The number of rotatable bonds is 57. The summed E-state index contributed by atoms with van der Waals surface area (Å²) in [5.74, 6) is 0.836. The summed E-state index contributed by atoms with van der Waals surface area (Å²) in [7, 11) is 0. The Labute approximate surface area is 431 Å². The Morgan fingerprint density at radius 1 is 0.275 bits per heavy atom. The summed E-state index contributed by atoms with van der Waals surface area (Å²) < 4.78 is 16.9. The van der Waals surface area contributed by atoms with Crippen LogP contribution in [0.5, 0.6) is 0 Å². The molecule has 0 amide bonds. The molecule has 0 N–H and O–H groups in total. The van der Waals surface area contributed by atoms with E-state index in [0.29, 0.717) is 19.3 Å². The lowest BCUT2D eigenvalue weighted by Gasteiger charge is -2.18. The largest absolute Gasteiger partial charge is 0.462 e. The van der Waals surface area contributed by atoms with Crippen LogP contribution >= 0.6 is 0 Å². The third-order valence-corrected chi connectivity index (χ3v) is 14.5. The smallest absolute Gasteiger partial charge is 0.306 e. The first-order valence-electron chi connectivity index (χ1n) is 31.2. The highest BCUT2D eigenvalue weighted by atomic mass is 16.6. The summed E-state index contributed by atoms with van der Waals surface area (Å²) in [6, 6.07) is 0. The lowest BCUT2D eigenvalue weighted by Crippen LogP contribution is -2.30. The molecule has 0 aliphatic carbocycles. The molecule has 0 saturated carbocycles. The van der Waals surface area contributed by atoms with Crippen LogP contribution in [0.1, 0.15) is 356 Å². The molecule has 0 saturated heterocycles. The molecule has 0 aromatic rings. The van der Waals surface area contributed by atoms with Gasteiger partial charge in [0.15, 0.2) is 6.10 Å². The summed E-state index contributed by atoms with van der Waals surface area (Å²) in [5, 5.41) is 0. The van der Waals surface area contributed by atoms with E-state index in [0.717, 1.165) is 69.6 Å². The first kappa shape index (κ1) is 67.4. The standard InChI is InChI=1S/C63H122O6/c1-6-7-8-9-10-11-12-13-14-15-16-17-21-24-27-33-38-43-48-53-61(64)67-56-60(57-68-62(65)54-49-44-39-34-30-29-32-37-42-47-52-59(4)5)69-63(66)55-50-45-40-35-28-25-22-19-18-20-23-26-31-36-41-46-51-58(2)3/h58-60H,6-57H2,1-5H3/t60-/m1/s1. The van der Waals surface area contributed by atoms with E-state index in [-0.39, 0.29) is 31.1 Å². The number of hydrogen-bond acceptors (Lipinski definition) is 6. The Morgan fingerprint density at radius 2 is 0.478 bits per heavy atom. The molecule has 0 rings (SSSR count). The van der Waals surface area contributed by atoms with Gasteiger partial charge in [-0.05, 0) is 31.1 Å². The van der Waals surface area contributed by atoms with E-state index in [1.807, 2.05) is 0 Å². The van der Waals surface area contributed by atoms with Gasteiger partial charge in [0.25, 0.3) is 0 Å². The van der Waals surface area contributed by atoms with Crippen molar-refractivity contribution in [3.63, 3.8) is 0 Å². The third kappa shape index (κ3) is 57.2. The summed E-state index contributed by atoms with van der Waals surface area (Å²) in [6.45, 7) is 11.4. The fourth-order valence-electron chi connectivity index (χ4n) is 9.76. The third-order valence-electron chi connectivity index (χ3n) is 14.5. The van der Waals surface area contributed by atoms with Crippen molar-refractivity contribution in [2.24, 2.45) is 11.8 Å². The van der Waals surface area contributed by atoms with Crippen molar-refractivity contribution in [2.75, 3.05) is 13.2 Å². The van der Waals surface area contributed by atoms with Gasteiger partial charge in [-0.3, -0.25) is 14.4 Å². The Bertz CT molecular complexity index is 1060. The first-order chi connectivity index (χ1) is 33.7. The molecule has 1 atom stereocenters. The van der Waals surface area contributed by atoms with E-state index in [4.69, 9.17) is 14.2 Å². The van der Waals surface area contributed by atoms with Gasteiger partial charge in [-0.25, -0.2) is 0 Å². The number of carbonyl (C=O) groups excluding carboxylic acids is 3. The molecule has 410 valence electrons. The van der Waals surface area contributed by atoms with Crippen molar-refractivity contribution < 1.29 is 28.6 Å². The normalized spacial score (nSPS) is 12.0. The molecule has 0 aliphatic heterocycles. The molecule has 6 nitrogen and oxygen atoms in total. The second-order valence-corrected chi connectivity index (χ2v) is 22.6. The highest BCUT2D eigenvalue weighted by Crippen LogP contribution is 2.19. The zero-order chi connectivity index (χ0) is 50.4. The van der Waals surface area contributed by atoms with Crippen LogP contribution in [0.4, 0.5) is 0 Å². The summed E-state index contributed by atoms with van der Waals surface area (Å²) in [5.41, 5.74) is 0. The number of hydrogen-bond donors (Lipinski definition) is 0. The SMILES string of the molecule is CCCCCCCCCCCCCCCCCCCCCC(=O)OC[C@H](COC(=O)CCCCCCCCCCCCC(C)C)OC(=O)CCCCCCCCCCCCCCCCCCC(C)C. The average molecular weight is 976 g/mol. The summed E-state index contributed by atoms with van der Waals surface area (Å²) >= 11 is 0. The highest BCUT2D eigenvalue weighted by molar-refractivity contribution is 5.71. The van der Waals surface area contributed by atoms with Crippen LogP contribution in [-0.2, 0) is 28.6 Å². The molecular formula is C63H122O6. The molecule has 6 heteroatoms. The van der Waals surface area contributed by atoms with E-state index < -0.39 is 6.10 Å². The van der Waals surface area contributed by atoms with E-state index in [9.17, 15) is 14.4 Å². The van der Waals surface area contributed by atoms with Gasteiger partial charge in [-0.15, -0.1) is 0 Å². The number of esters is 3. The van der Waals surface area contributed by atoms with Gasteiger partial charge in [0.05, 0.1) is 0 Å². The zero-order valence-electron chi connectivity index (χ0n) is 47.5. The maximum atomic E-state index is 12.9. The molecular weight excluding hydrogens is 853 g/mol. The van der Waals surface area contributed by atoms with Gasteiger partial charge >= 0.3 is 17.9 Å².